The van der Waals surface area contributed by atoms with E-state index in [0.717, 1.165) is 0 Å². The van der Waals surface area contributed by atoms with Gasteiger partial charge in [-0.15, -0.1) is 0 Å². The van der Waals surface area contributed by atoms with Crippen molar-refractivity contribution in [2.45, 2.75) is 6.92 Å². The van der Waals surface area contributed by atoms with E-state index >= 15 is 0 Å². The van der Waals surface area contributed by atoms with Gasteiger partial charge in [0.25, 0.3) is 0 Å². The van der Waals surface area contributed by atoms with Crippen LogP contribution >= 0.6 is 7.81 Å². The molecule has 11 heavy (non-hydrogen) atoms. The van der Waals surface area contributed by atoms with E-state index in [1.54, 1.807) is 5.05 Å². The van der Waals surface area contributed by atoms with Gasteiger partial charge in [0.15, 0.2) is 0 Å². The fourth-order valence-corrected chi connectivity index (χ4v) is 0. The first-order chi connectivity index (χ1) is 4.36. The molecule has 0 unspecified atom stereocenters. The van der Waals surface area contributed by atoms with E-state index in [-0.39, 0.29) is 0 Å². The van der Waals surface area contributed by atoms with Gasteiger partial charge in [0.05, 0.1) is 0 Å². The van der Waals surface area contributed by atoms with Crippen molar-refractivity contribution in [3.63, 3.8) is 0 Å². The molecule has 74 valence electrons. The maximum atomic E-state index is 9.87. The second-order valence-corrected chi connectivity index (χ2v) is 3.64. The number of rotatable bonds is 0. The second kappa shape index (κ2) is 2.94. The van der Waals surface area contributed by atoms with Gasteiger partial charge in [-0.1, -0.05) is 0 Å². The molecule has 0 aromatic heterocycles. The van der Waals surface area contributed by atoms with Crippen LogP contribution in [0, 0.1) is 0 Å². The van der Waals surface area contributed by atoms with Gasteiger partial charge in [-0.05, 0) is 0 Å². The number of allylic oxidation sites excluding steroid dienone is 1. The van der Waals surface area contributed by atoms with Gasteiger partial charge in [0, 0.05) is 0 Å². The molecule has 0 radical (unpaired) electrons. The summed E-state index contributed by atoms with van der Waals surface area (Å²) in [5.74, 6) is 0. The zero-order valence-corrected chi connectivity index (χ0v) is 7.07. The van der Waals surface area contributed by atoms with Gasteiger partial charge in [0.2, 0.25) is 0 Å². The summed E-state index contributed by atoms with van der Waals surface area (Å²) in [7, 11) is -10.7. The van der Waals surface area contributed by atoms with Crippen molar-refractivity contribution in [2.75, 3.05) is 0 Å². The summed E-state index contributed by atoms with van der Waals surface area (Å²) >= 11 is 4.14. The molecule has 8 heteroatoms. The van der Waals surface area contributed by atoms with Crippen molar-refractivity contribution in [1.29, 1.82) is 0 Å². The second-order valence-electron chi connectivity index (χ2n) is 1.40. The van der Waals surface area contributed by atoms with Crippen LogP contribution in [-0.4, -0.2) is 0 Å². The first-order valence-electron chi connectivity index (χ1n) is 2.11. The molecule has 0 bridgehead atoms. The Bertz CT molecular complexity index is 124. The summed E-state index contributed by atoms with van der Waals surface area (Å²) in [5.41, 5.74) is 0. The van der Waals surface area contributed by atoms with E-state index in [1.165, 1.54) is 0 Å². The summed E-state index contributed by atoms with van der Waals surface area (Å²) < 4.78 is 59.2. The van der Waals surface area contributed by atoms with Crippen LogP contribution in [0.25, 0.3) is 0 Å². The molecular weight excluding hydrogens is 240 g/mol. The van der Waals surface area contributed by atoms with E-state index in [4.69, 9.17) is 0 Å². The van der Waals surface area contributed by atoms with E-state index in [0.29, 0.717) is 0 Å². The first kappa shape index (κ1) is 13.8. The molecule has 0 nitrogen and oxygen atoms in total. The van der Waals surface area contributed by atoms with Crippen molar-refractivity contribution in [2.24, 2.45) is 0 Å². The Balaban J connectivity index is 0. The third-order valence-electron chi connectivity index (χ3n) is 0.105. The zero-order valence-electron chi connectivity index (χ0n) is 5.19. The normalized spacial score (nSPS) is 18.3. The molecule has 0 N–H and O–H groups in total. The van der Waals surface area contributed by atoms with Crippen LogP contribution in [0.3, 0.4) is 0 Å². The van der Waals surface area contributed by atoms with E-state index < -0.39 is 7.81 Å². The third-order valence-corrected chi connectivity index (χ3v) is 0.435. The molecule has 0 atom stereocenters. The van der Waals surface area contributed by atoms with Gasteiger partial charge in [0.1, 0.15) is 0 Å². The summed E-state index contributed by atoms with van der Waals surface area (Å²) in [6.45, 7) is 1.91. The maximum absolute atomic E-state index is 10.7. The van der Waals surface area contributed by atoms with Gasteiger partial charge in [-0.25, -0.2) is 0 Å². The van der Waals surface area contributed by atoms with Crippen molar-refractivity contribution in [3.05, 3.63) is 11.1 Å². The van der Waals surface area contributed by atoms with Gasteiger partial charge >= 0.3 is 66.5 Å². The summed E-state index contributed by atoms with van der Waals surface area (Å²) in [6.07, 6.45) is 1.83. The Morgan fingerprint density at radius 3 is 1.09 bits per heavy atom. The average molecular weight is 245 g/mol. The fourth-order valence-electron chi connectivity index (χ4n) is 0. The van der Waals surface area contributed by atoms with Crippen LogP contribution in [0.5, 0.6) is 0 Å². The van der Waals surface area contributed by atoms with E-state index in [9.17, 15) is 25.2 Å². The molecule has 0 aromatic rings. The molecule has 0 fully saturated rings. The minimum absolute atomic E-state index is 1.62. The number of halogens is 6. The van der Waals surface area contributed by atoms with Gasteiger partial charge in [-0.2, -0.15) is 0 Å². The topological polar surface area (TPSA) is 0 Å². The standard InChI is InChI=1S/C3H5.F6P.Ni/c1-3-2;1-7(2,3,4,5)6;/h1,3H,2H3;;/q;-1;+1. The summed E-state index contributed by atoms with van der Waals surface area (Å²) in [5, 5.41) is 1.62. The number of hydrogen-bond acceptors (Lipinski definition) is 0. The predicted octanol–water partition coefficient (Wildman–Crippen LogP) is 4.45. The number of hydrogen-bond donors (Lipinski definition) is 0. The molecule has 0 rings (SSSR count). The quantitative estimate of drug-likeness (QED) is 0.336. The van der Waals surface area contributed by atoms with Crippen LogP contribution in [-0.2, 0) is 15.5 Å². The van der Waals surface area contributed by atoms with E-state index in [2.05, 4.69) is 15.5 Å². The summed E-state index contributed by atoms with van der Waals surface area (Å²) in [6, 6.07) is 0. The third kappa shape index (κ3) is 450. The Hall–Kier alpha value is 0.244. The molecule has 0 amide bonds. The van der Waals surface area contributed by atoms with Crippen LogP contribution in [0.2, 0.25) is 0 Å². The molecule has 0 aliphatic rings. The Morgan fingerprint density at radius 2 is 1.09 bits per heavy atom. The molecule has 0 aromatic carbocycles. The molecule has 0 aliphatic heterocycles. The van der Waals surface area contributed by atoms with Crippen LogP contribution in [0.15, 0.2) is 11.1 Å². The average Bonchev–Trinajstić information content (AvgIpc) is 1.57. The Labute approximate surface area is 67.3 Å². The molecule has 0 spiro atoms. The Morgan fingerprint density at radius 1 is 1.00 bits per heavy atom. The molecule has 0 aliphatic carbocycles. The monoisotopic (exact) mass is 244 g/mol. The predicted molar refractivity (Wildman–Crippen MR) is 28.4 cm³/mol. The van der Waals surface area contributed by atoms with Crippen molar-refractivity contribution in [1.82, 2.24) is 0 Å². The molecule has 0 saturated carbocycles. The van der Waals surface area contributed by atoms with E-state index in [1.807, 2.05) is 13.0 Å². The van der Waals surface area contributed by atoms with Crippen molar-refractivity contribution >= 4 is 7.81 Å². The fraction of sp³-hybridized carbons (Fsp3) is 0.333. The van der Waals surface area contributed by atoms with Crippen molar-refractivity contribution in [3.8, 4) is 0 Å². The SMILES string of the molecule is CC=[CH][Ni+].F[P-](F)(F)(F)(F)F. The molecule has 0 saturated heterocycles. The first-order valence-corrected chi connectivity index (χ1v) is 4.71. The van der Waals surface area contributed by atoms with Gasteiger partial charge < -0.3 is 0 Å². The van der Waals surface area contributed by atoms with Crippen LogP contribution in [0.4, 0.5) is 25.2 Å². The molecule has 0 heterocycles. The molecular formula is C3H5F6NiP. The zero-order chi connectivity index (χ0) is 9.82. The van der Waals surface area contributed by atoms with Crippen molar-refractivity contribution < 1.29 is 40.6 Å². The van der Waals surface area contributed by atoms with Gasteiger partial charge in [-0.3, -0.25) is 0 Å². The van der Waals surface area contributed by atoms with Crippen LogP contribution in [0.1, 0.15) is 6.92 Å². The Kier molecular flexibility index (Phi) is 3.69. The minimum atomic E-state index is -10.7. The van der Waals surface area contributed by atoms with Crippen LogP contribution < -0.4 is 0 Å². The summed E-state index contributed by atoms with van der Waals surface area (Å²) in [4.78, 5) is 0.